The summed E-state index contributed by atoms with van der Waals surface area (Å²) < 4.78 is 43.0. The Hall–Kier alpha value is -1.71. The van der Waals surface area contributed by atoms with Crippen molar-refractivity contribution in [3.8, 4) is 0 Å². The quantitative estimate of drug-likeness (QED) is 0.768. The Morgan fingerprint density at radius 2 is 2.05 bits per heavy atom. The van der Waals surface area contributed by atoms with E-state index >= 15 is 0 Å². The minimum absolute atomic E-state index is 0.550. The molecule has 1 aromatic rings. The molecule has 0 aliphatic carbocycles. The van der Waals surface area contributed by atoms with Crippen molar-refractivity contribution in [3.63, 3.8) is 0 Å². The largest absolute Gasteiger partial charge is 0.478 e. The zero-order valence-electron chi connectivity index (χ0n) is 10.0. The van der Waals surface area contributed by atoms with E-state index in [2.05, 4.69) is 4.74 Å². The van der Waals surface area contributed by atoms with Crippen LogP contribution in [0.2, 0.25) is 5.02 Å². The van der Waals surface area contributed by atoms with Crippen LogP contribution in [-0.4, -0.2) is 39.1 Å². The first kappa shape index (κ1) is 16.3. The second-order valence-electron chi connectivity index (χ2n) is 3.47. The van der Waals surface area contributed by atoms with Gasteiger partial charge < -0.3 is 9.84 Å². The molecule has 0 spiro atoms. The van der Waals surface area contributed by atoms with Gasteiger partial charge in [0.2, 0.25) is 10.0 Å². The Balaban J connectivity index is 3.19. The van der Waals surface area contributed by atoms with E-state index in [1.807, 2.05) is 4.72 Å². The Bertz CT molecular complexity index is 660. The molecule has 0 aromatic heterocycles. The third-order valence-corrected chi connectivity index (χ3v) is 3.94. The minimum atomic E-state index is -4.27. The molecule has 0 radical (unpaired) electrons. The number of methoxy groups -OCH3 is 1. The van der Waals surface area contributed by atoms with Crippen LogP contribution in [0.1, 0.15) is 10.4 Å². The summed E-state index contributed by atoms with van der Waals surface area (Å²) in [6.45, 7) is -0.675. The molecule has 20 heavy (non-hydrogen) atoms. The number of carboxylic acids is 1. The van der Waals surface area contributed by atoms with Crippen LogP contribution < -0.4 is 4.72 Å². The van der Waals surface area contributed by atoms with E-state index in [0.717, 1.165) is 7.11 Å². The third kappa shape index (κ3) is 3.65. The number of sulfonamides is 1. The highest BCUT2D eigenvalue weighted by Crippen LogP contribution is 2.24. The molecule has 10 heteroatoms. The average molecular weight is 326 g/mol. The Labute approximate surface area is 118 Å². The molecule has 0 unspecified atom stereocenters. The SMILES string of the molecule is COC(=O)CNS(=O)(=O)c1cc(F)c(Cl)c(C(=O)O)c1. The number of carbonyl (C=O) groups is 2. The van der Waals surface area contributed by atoms with Gasteiger partial charge in [-0.15, -0.1) is 0 Å². The van der Waals surface area contributed by atoms with Crippen molar-refractivity contribution in [3.05, 3.63) is 28.5 Å². The van der Waals surface area contributed by atoms with Crippen molar-refractivity contribution >= 4 is 33.6 Å². The van der Waals surface area contributed by atoms with E-state index in [4.69, 9.17) is 16.7 Å². The van der Waals surface area contributed by atoms with Gasteiger partial charge in [-0.05, 0) is 12.1 Å². The number of benzene rings is 1. The molecule has 1 rings (SSSR count). The highest BCUT2D eigenvalue weighted by atomic mass is 35.5. The van der Waals surface area contributed by atoms with Gasteiger partial charge in [0.25, 0.3) is 0 Å². The van der Waals surface area contributed by atoms with Gasteiger partial charge >= 0.3 is 11.9 Å². The minimum Gasteiger partial charge on any atom is -0.478 e. The number of rotatable bonds is 5. The summed E-state index contributed by atoms with van der Waals surface area (Å²) in [6.07, 6.45) is 0. The predicted octanol–water partition coefficient (Wildman–Crippen LogP) is 0.629. The van der Waals surface area contributed by atoms with Crippen LogP contribution in [-0.2, 0) is 19.6 Å². The van der Waals surface area contributed by atoms with Crippen LogP contribution in [0.15, 0.2) is 17.0 Å². The lowest BCUT2D eigenvalue weighted by atomic mass is 10.2. The Kier molecular flexibility index (Phi) is 5.03. The molecule has 0 atom stereocenters. The van der Waals surface area contributed by atoms with Gasteiger partial charge in [-0.1, -0.05) is 11.6 Å². The average Bonchev–Trinajstić information content (AvgIpc) is 2.38. The lowest BCUT2D eigenvalue weighted by Gasteiger charge is -2.08. The van der Waals surface area contributed by atoms with Crippen molar-refractivity contribution < 1.29 is 32.2 Å². The smallest absolute Gasteiger partial charge is 0.337 e. The summed E-state index contributed by atoms with van der Waals surface area (Å²) in [5.74, 6) is -3.65. The fourth-order valence-corrected chi connectivity index (χ4v) is 2.38. The fraction of sp³-hybridized carbons (Fsp3) is 0.200. The molecule has 2 N–H and O–H groups in total. The lowest BCUT2D eigenvalue weighted by molar-refractivity contribution is -0.139. The van der Waals surface area contributed by atoms with Gasteiger partial charge in [0.1, 0.15) is 12.4 Å². The number of aromatic carboxylic acids is 1. The summed E-state index contributed by atoms with van der Waals surface area (Å²) in [6, 6.07) is 1.24. The summed E-state index contributed by atoms with van der Waals surface area (Å²) in [4.78, 5) is 21.0. The molecule has 110 valence electrons. The van der Waals surface area contributed by atoms with E-state index in [-0.39, 0.29) is 0 Å². The number of carbonyl (C=O) groups excluding carboxylic acids is 1. The van der Waals surface area contributed by atoms with Gasteiger partial charge in [-0.2, -0.15) is 4.72 Å². The number of nitrogens with one attached hydrogen (secondary N) is 1. The van der Waals surface area contributed by atoms with E-state index in [1.54, 1.807) is 0 Å². The molecule has 0 amide bonds. The second kappa shape index (κ2) is 6.16. The molecule has 0 bridgehead atoms. The molecule has 0 aliphatic rings. The third-order valence-electron chi connectivity index (χ3n) is 2.18. The highest BCUT2D eigenvalue weighted by Gasteiger charge is 2.22. The maximum absolute atomic E-state index is 13.4. The fourth-order valence-electron chi connectivity index (χ4n) is 1.18. The number of carboxylic acid groups (broad SMARTS) is 1. The van der Waals surface area contributed by atoms with Gasteiger partial charge in [-0.25, -0.2) is 17.6 Å². The van der Waals surface area contributed by atoms with Crippen molar-refractivity contribution in [1.29, 1.82) is 0 Å². The zero-order chi connectivity index (χ0) is 15.5. The zero-order valence-corrected chi connectivity index (χ0v) is 11.6. The summed E-state index contributed by atoms with van der Waals surface area (Å²) in [5, 5.41) is 8.09. The topological polar surface area (TPSA) is 110 Å². The van der Waals surface area contributed by atoms with Gasteiger partial charge in [0.15, 0.2) is 0 Å². The molecular formula is C10H9ClFNO6S. The van der Waals surface area contributed by atoms with Crippen molar-refractivity contribution in [2.45, 2.75) is 4.90 Å². The molecular weight excluding hydrogens is 317 g/mol. The summed E-state index contributed by atoms with van der Waals surface area (Å²) in [7, 11) is -3.22. The first-order valence-corrected chi connectivity index (χ1v) is 6.84. The van der Waals surface area contributed by atoms with E-state index < -0.39 is 49.8 Å². The molecule has 0 saturated heterocycles. The van der Waals surface area contributed by atoms with Crippen LogP contribution >= 0.6 is 11.6 Å². The van der Waals surface area contributed by atoms with Crippen molar-refractivity contribution in [2.24, 2.45) is 0 Å². The number of halogens is 2. The number of hydrogen-bond acceptors (Lipinski definition) is 5. The van der Waals surface area contributed by atoms with Crippen molar-refractivity contribution in [2.75, 3.05) is 13.7 Å². The summed E-state index contributed by atoms with van der Waals surface area (Å²) in [5.41, 5.74) is -0.704. The van der Waals surface area contributed by atoms with E-state index in [1.165, 1.54) is 0 Å². The van der Waals surface area contributed by atoms with Crippen LogP contribution in [0.25, 0.3) is 0 Å². The number of hydrogen-bond donors (Lipinski definition) is 2. The van der Waals surface area contributed by atoms with E-state index in [9.17, 15) is 22.4 Å². The molecule has 0 aliphatic heterocycles. The van der Waals surface area contributed by atoms with Crippen LogP contribution in [0, 0.1) is 5.82 Å². The van der Waals surface area contributed by atoms with Gasteiger partial charge in [0.05, 0.1) is 22.6 Å². The molecule has 0 fully saturated rings. The standard InChI is InChI=1S/C10H9ClFNO6S/c1-19-8(14)4-13-20(17,18)5-2-6(10(15)16)9(11)7(12)3-5/h2-3,13H,4H2,1H3,(H,15,16). The van der Waals surface area contributed by atoms with Gasteiger partial charge in [0, 0.05) is 0 Å². The van der Waals surface area contributed by atoms with Gasteiger partial charge in [-0.3, -0.25) is 4.79 Å². The maximum atomic E-state index is 13.4. The van der Waals surface area contributed by atoms with Crippen LogP contribution in [0.4, 0.5) is 4.39 Å². The normalized spacial score (nSPS) is 11.2. The number of ether oxygens (including phenoxy) is 1. The molecule has 1 aromatic carbocycles. The number of esters is 1. The van der Waals surface area contributed by atoms with Crippen molar-refractivity contribution in [1.82, 2.24) is 4.72 Å². The van der Waals surface area contributed by atoms with E-state index in [0.29, 0.717) is 12.1 Å². The van der Waals surface area contributed by atoms with Crippen LogP contribution in [0.5, 0.6) is 0 Å². The first-order valence-electron chi connectivity index (χ1n) is 4.98. The summed E-state index contributed by atoms with van der Waals surface area (Å²) >= 11 is 5.42. The molecule has 0 saturated carbocycles. The monoisotopic (exact) mass is 325 g/mol. The lowest BCUT2D eigenvalue weighted by Crippen LogP contribution is -2.30. The Morgan fingerprint density at radius 3 is 2.55 bits per heavy atom. The Morgan fingerprint density at radius 1 is 1.45 bits per heavy atom. The second-order valence-corrected chi connectivity index (χ2v) is 5.62. The highest BCUT2D eigenvalue weighted by molar-refractivity contribution is 7.89. The molecule has 7 nitrogen and oxygen atoms in total. The maximum Gasteiger partial charge on any atom is 0.337 e. The van der Waals surface area contributed by atoms with Crippen LogP contribution in [0.3, 0.4) is 0 Å². The predicted molar refractivity (Wildman–Crippen MR) is 65.6 cm³/mol. The first-order chi connectivity index (χ1) is 9.19. The molecule has 0 heterocycles.